The van der Waals surface area contributed by atoms with Gasteiger partial charge in [-0.3, -0.25) is 0 Å². The fraction of sp³-hybridized carbons (Fsp3) is 0.526. The summed E-state index contributed by atoms with van der Waals surface area (Å²) in [6.45, 7) is 10.3. The van der Waals surface area contributed by atoms with Crippen LogP contribution in [0.15, 0.2) is 43.0 Å². The molecule has 0 unspecified atom stereocenters. The Balaban J connectivity index is 2.08. The zero-order chi connectivity index (χ0) is 16.2. The Hall–Kier alpha value is -1.77. The molecule has 0 aliphatic carbocycles. The van der Waals surface area contributed by atoms with E-state index in [2.05, 4.69) is 30.8 Å². The summed E-state index contributed by atoms with van der Waals surface area (Å²) >= 11 is 0. The Morgan fingerprint density at radius 1 is 1.36 bits per heavy atom. The third-order valence-electron chi connectivity index (χ3n) is 4.05. The predicted octanol–water partition coefficient (Wildman–Crippen LogP) is 4.75. The van der Waals surface area contributed by atoms with Gasteiger partial charge >= 0.3 is 6.09 Å². The van der Waals surface area contributed by atoms with E-state index in [9.17, 15) is 4.79 Å². The fourth-order valence-electron chi connectivity index (χ4n) is 3.06. The van der Waals surface area contributed by atoms with Gasteiger partial charge in [-0.15, -0.1) is 6.58 Å². The number of likely N-dealkylation sites (tertiary alicyclic amines) is 1. The van der Waals surface area contributed by atoms with Gasteiger partial charge in [0.1, 0.15) is 5.60 Å². The quantitative estimate of drug-likeness (QED) is 0.754. The lowest BCUT2D eigenvalue weighted by Gasteiger charge is -2.40. The molecule has 1 amide bonds. The lowest BCUT2D eigenvalue weighted by atomic mass is 9.84. The smallest absolute Gasteiger partial charge is 0.410 e. The first kappa shape index (κ1) is 16.6. The molecule has 2 rings (SSSR count). The fourth-order valence-corrected chi connectivity index (χ4v) is 3.06. The summed E-state index contributed by atoms with van der Waals surface area (Å²) in [5, 5.41) is 0. The van der Waals surface area contributed by atoms with Crippen LogP contribution in [0.2, 0.25) is 0 Å². The molecule has 1 fully saturated rings. The van der Waals surface area contributed by atoms with Crippen molar-refractivity contribution in [2.24, 2.45) is 0 Å². The Morgan fingerprint density at radius 3 is 2.64 bits per heavy atom. The SMILES string of the molecule is C=CC[C@H]1C[C@H](c2ccccc2)CCN1C(=O)OC(C)(C)C. The van der Waals surface area contributed by atoms with Crippen molar-refractivity contribution in [2.75, 3.05) is 6.54 Å². The van der Waals surface area contributed by atoms with Crippen LogP contribution in [0.1, 0.15) is 51.5 Å². The molecule has 3 nitrogen and oxygen atoms in total. The second-order valence-corrected chi connectivity index (χ2v) is 6.98. The summed E-state index contributed by atoms with van der Waals surface area (Å²) < 4.78 is 5.55. The maximum Gasteiger partial charge on any atom is 0.410 e. The van der Waals surface area contributed by atoms with Crippen molar-refractivity contribution >= 4 is 6.09 Å². The highest BCUT2D eigenvalue weighted by molar-refractivity contribution is 5.68. The van der Waals surface area contributed by atoms with E-state index < -0.39 is 5.60 Å². The summed E-state index contributed by atoms with van der Waals surface area (Å²) in [5.41, 5.74) is 0.909. The van der Waals surface area contributed by atoms with Gasteiger partial charge in [0.15, 0.2) is 0 Å². The zero-order valence-corrected chi connectivity index (χ0v) is 13.9. The van der Waals surface area contributed by atoms with Crippen LogP contribution in [-0.4, -0.2) is 29.2 Å². The molecule has 22 heavy (non-hydrogen) atoms. The van der Waals surface area contributed by atoms with E-state index >= 15 is 0 Å². The standard InChI is InChI=1S/C19H27NO2/c1-5-9-17-14-16(15-10-7-6-8-11-15)12-13-20(17)18(21)22-19(2,3)4/h5-8,10-11,16-17H,1,9,12-14H2,2-4H3/t16-,17+/m1/s1. The van der Waals surface area contributed by atoms with Gasteiger partial charge in [-0.25, -0.2) is 4.79 Å². The van der Waals surface area contributed by atoms with Crippen molar-refractivity contribution in [1.29, 1.82) is 0 Å². The summed E-state index contributed by atoms with van der Waals surface area (Å²) in [4.78, 5) is 14.3. The maximum atomic E-state index is 12.4. The molecule has 1 aliphatic rings. The summed E-state index contributed by atoms with van der Waals surface area (Å²) in [5.74, 6) is 0.504. The first-order valence-corrected chi connectivity index (χ1v) is 8.06. The normalized spacial score (nSPS) is 22.2. The molecule has 0 bridgehead atoms. The molecule has 1 saturated heterocycles. The van der Waals surface area contributed by atoms with Crippen LogP contribution >= 0.6 is 0 Å². The average Bonchev–Trinajstić information content (AvgIpc) is 2.46. The Labute approximate surface area is 134 Å². The molecule has 0 saturated carbocycles. The number of piperidine rings is 1. The number of carbonyl (C=O) groups is 1. The molecule has 0 N–H and O–H groups in total. The number of nitrogens with zero attached hydrogens (tertiary/aromatic N) is 1. The van der Waals surface area contributed by atoms with Crippen LogP contribution < -0.4 is 0 Å². The van der Waals surface area contributed by atoms with Gasteiger partial charge < -0.3 is 9.64 Å². The van der Waals surface area contributed by atoms with Gasteiger partial charge in [-0.1, -0.05) is 36.4 Å². The number of amides is 1. The van der Waals surface area contributed by atoms with Crippen LogP contribution in [-0.2, 0) is 4.74 Å². The minimum atomic E-state index is -0.452. The highest BCUT2D eigenvalue weighted by Gasteiger charge is 2.33. The molecule has 0 spiro atoms. The second kappa shape index (κ2) is 6.99. The Kier molecular flexibility index (Phi) is 5.28. The molecule has 1 aromatic rings. The molecule has 3 heteroatoms. The Bertz CT molecular complexity index is 504. The van der Waals surface area contributed by atoms with E-state index in [1.165, 1.54) is 5.56 Å². The molecule has 0 radical (unpaired) electrons. The minimum absolute atomic E-state index is 0.173. The van der Waals surface area contributed by atoms with Gasteiger partial charge in [-0.05, 0) is 51.5 Å². The van der Waals surface area contributed by atoms with E-state index in [0.717, 1.165) is 25.8 Å². The van der Waals surface area contributed by atoms with Crippen LogP contribution in [0.3, 0.4) is 0 Å². The topological polar surface area (TPSA) is 29.5 Å². The number of benzene rings is 1. The first-order valence-electron chi connectivity index (χ1n) is 8.06. The van der Waals surface area contributed by atoms with Crippen molar-refractivity contribution in [2.45, 2.75) is 57.6 Å². The molecule has 1 heterocycles. The Morgan fingerprint density at radius 2 is 2.05 bits per heavy atom. The molecule has 120 valence electrons. The van der Waals surface area contributed by atoms with Gasteiger partial charge in [0.05, 0.1) is 0 Å². The molecule has 0 aromatic heterocycles. The van der Waals surface area contributed by atoms with E-state index in [1.54, 1.807) is 0 Å². The van der Waals surface area contributed by atoms with Gasteiger partial charge in [0.25, 0.3) is 0 Å². The van der Waals surface area contributed by atoms with E-state index in [4.69, 9.17) is 4.74 Å². The van der Waals surface area contributed by atoms with Gasteiger partial charge in [0, 0.05) is 12.6 Å². The van der Waals surface area contributed by atoms with Crippen molar-refractivity contribution in [1.82, 2.24) is 4.90 Å². The molecular formula is C19H27NO2. The van der Waals surface area contributed by atoms with Crippen LogP contribution in [0.25, 0.3) is 0 Å². The zero-order valence-electron chi connectivity index (χ0n) is 13.9. The van der Waals surface area contributed by atoms with E-state index in [-0.39, 0.29) is 12.1 Å². The second-order valence-electron chi connectivity index (χ2n) is 6.98. The summed E-state index contributed by atoms with van der Waals surface area (Å²) in [6.07, 6.45) is 4.45. The van der Waals surface area contributed by atoms with Crippen LogP contribution in [0.5, 0.6) is 0 Å². The largest absolute Gasteiger partial charge is 0.444 e. The van der Waals surface area contributed by atoms with Crippen LogP contribution in [0.4, 0.5) is 4.79 Å². The maximum absolute atomic E-state index is 12.4. The van der Waals surface area contributed by atoms with E-state index in [0.29, 0.717) is 5.92 Å². The van der Waals surface area contributed by atoms with Crippen molar-refractivity contribution in [3.05, 3.63) is 48.6 Å². The highest BCUT2D eigenvalue weighted by atomic mass is 16.6. The van der Waals surface area contributed by atoms with Gasteiger partial charge in [0.2, 0.25) is 0 Å². The highest BCUT2D eigenvalue weighted by Crippen LogP contribution is 2.33. The predicted molar refractivity (Wildman–Crippen MR) is 90.0 cm³/mol. The average molecular weight is 301 g/mol. The lowest BCUT2D eigenvalue weighted by molar-refractivity contribution is 0.00843. The van der Waals surface area contributed by atoms with Crippen molar-refractivity contribution in [3.8, 4) is 0 Å². The van der Waals surface area contributed by atoms with Crippen molar-refractivity contribution in [3.63, 3.8) is 0 Å². The van der Waals surface area contributed by atoms with E-state index in [1.807, 2.05) is 37.8 Å². The third kappa shape index (κ3) is 4.36. The molecule has 1 aliphatic heterocycles. The molecule has 2 atom stereocenters. The lowest BCUT2D eigenvalue weighted by Crippen LogP contribution is -2.47. The number of hydrogen-bond donors (Lipinski definition) is 0. The minimum Gasteiger partial charge on any atom is -0.444 e. The molecule has 1 aromatic carbocycles. The number of ether oxygens (including phenoxy) is 1. The number of carbonyl (C=O) groups excluding carboxylic acids is 1. The van der Waals surface area contributed by atoms with Crippen LogP contribution in [0, 0.1) is 0 Å². The number of hydrogen-bond acceptors (Lipinski definition) is 2. The summed E-state index contributed by atoms with van der Waals surface area (Å²) in [6, 6.07) is 10.7. The molecular weight excluding hydrogens is 274 g/mol. The van der Waals surface area contributed by atoms with Gasteiger partial charge in [-0.2, -0.15) is 0 Å². The summed E-state index contributed by atoms with van der Waals surface area (Å²) in [7, 11) is 0. The number of rotatable bonds is 3. The van der Waals surface area contributed by atoms with Crippen molar-refractivity contribution < 1.29 is 9.53 Å². The third-order valence-corrected chi connectivity index (χ3v) is 4.05. The monoisotopic (exact) mass is 301 g/mol. The first-order chi connectivity index (χ1) is 10.4.